The third-order valence-electron chi connectivity index (χ3n) is 5.37. The monoisotopic (exact) mass is 525 g/mol. The van der Waals surface area contributed by atoms with Crippen molar-refractivity contribution < 1.29 is 26.4 Å². The van der Waals surface area contributed by atoms with E-state index >= 15 is 0 Å². The summed E-state index contributed by atoms with van der Waals surface area (Å²) in [5.74, 6) is -0.806. The van der Waals surface area contributed by atoms with Crippen LogP contribution in [0.25, 0.3) is 0 Å². The van der Waals surface area contributed by atoms with E-state index in [4.69, 9.17) is 0 Å². The second-order valence-corrected chi connectivity index (χ2v) is 9.89. The summed E-state index contributed by atoms with van der Waals surface area (Å²) < 4.78 is 68.4. The molecular weight excluding hydrogens is 499 g/mol. The van der Waals surface area contributed by atoms with Crippen LogP contribution in [0.5, 0.6) is 0 Å². The van der Waals surface area contributed by atoms with E-state index in [0.29, 0.717) is 12.1 Å². The van der Waals surface area contributed by atoms with Crippen molar-refractivity contribution in [2.75, 3.05) is 36.1 Å². The highest BCUT2D eigenvalue weighted by molar-refractivity contribution is 7.92. The summed E-state index contributed by atoms with van der Waals surface area (Å²) >= 11 is 0. The highest BCUT2D eigenvalue weighted by atomic mass is 32.2. The molecule has 3 rings (SSSR count). The van der Waals surface area contributed by atoms with Crippen molar-refractivity contribution in [1.82, 2.24) is 15.6 Å². The van der Waals surface area contributed by atoms with Gasteiger partial charge in [0.05, 0.1) is 24.2 Å². The van der Waals surface area contributed by atoms with Crippen LogP contribution in [0.2, 0.25) is 0 Å². The fourth-order valence-electron chi connectivity index (χ4n) is 3.43. The molecule has 0 spiro atoms. The van der Waals surface area contributed by atoms with Gasteiger partial charge in [-0.3, -0.25) is 19.1 Å². The minimum Gasteiger partial charge on any atom is -0.365 e. The largest absolute Gasteiger partial charge is 0.423 e. The number of amides is 1. The summed E-state index contributed by atoms with van der Waals surface area (Å²) in [6.07, 6.45) is -1.71. The lowest BCUT2D eigenvalue weighted by molar-refractivity contribution is -0.142. The molecule has 1 aliphatic rings. The molecule has 2 heterocycles. The van der Waals surface area contributed by atoms with Gasteiger partial charge in [-0.2, -0.15) is 13.2 Å². The Morgan fingerprint density at radius 2 is 1.89 bits per heavy atom. The number of carbonyl (C=O) groups excluding carboxylic acids is 1. The Labute approximate surface area is 206 Å². The van der Waals surface area contributed by atoms with Crippen molar-refractivity contribution >= 4 is 39.4 Å². The van der Waals surface area contributed by atoms with Gasteiger partial charge in [0.2, 0.25) is 15.6 Å². The normalized spacial score (nSPS) is 17.8. The van der Waals surface area contributed by atoms with Gasteiger partial charge in [0.25, 0.3) is 5.91 Å². The van der Waals surface area contributed by atoms with Gasteiger partial charge < -0.3 is 16.0 Å². The van der Waals surface area contributed by atoms with Gasteiger partial charge in [0, 0.05) is 37.3 Å². The average Bonchev–Trinajstić information content (AvgIpc) is 2.82. The summed E-state index contributed by atoms with van der Waals surface area (Å²) in [6.45, 7) is 1.70. The number of rotatable bonds is 8. The number of aliphatic imine (C=N–C) groups is 2. The fraction of sp³-hybridized carbons (Fsp3) is 0.364. The van der Waals surface area contributed by atoms with Crippen LogP contribution >= 0.6 is 0 Å². The molecule has 0 radical (unpaired) electrons. The van der Waals surface area contributed by atoms with E-state index in [-0.39, 0.29) is 36.2 Å². The zero-order valence-electron chi connectivity index (χ0n) is 19.8. The van der Waals surface area contributed by atoms with Gasteiger partial charge in [-0.05, 0) is 43.3 Å². The molecule has 1 unspecified atom stereocenters. The number of hydrogen-bond donors (Lipinski definition) is 3. The number of amidine groups is 1. The molecule has 0 saturated carbocycles. The Morgan fingerprint density at radius 3 is 2.50 bits per heavy atom. The van der Waals surface area contributed by atoms with Crippen LogP contribution in [-0.4, -0.2) is 69.6 Å². The number of anilines is 2. The minimum atomic E-state index is -4.86. The molecule has 0 aliphatic carbocycles. The van der Waals surface area contributed by atoms with Crippen molar-refractivity contribution in [3.8, 4) is 0 Å². The van der Waals surface area contributed by atoms with Crippen LogP contribution in [0.3, 0.4) is 0 Å². The number of benzene rings is 1. The maximum absolute atomic E-state index is 14.5. The Hall–Kier alpha value is -3.68. The van der Waals surface area contributed by atoms with Crippen LogP contribution in [0.1, 0.15) is 23.0 Å². The molecule has 0 saturated heterocycles. The van der Waals surface area contributed by atoms with Gasteiger partial charge in [-0.15, -0.1) is 0 Å². The molecule has 1 atom stereocenters. The summed E-state index contributed by atoms with van der Waals surface area (Å²) in [5, 5.41) is 7.75. The molecular formula is C22H26F3N7O3S. The number of nitrogens with zero attached hydrogens (tertiary/aromatic N) is 4. The Bertz CT molecular complexity index is 1260. The molecule has 3 N–H and O–H groups in total. The zero-order chi connectivity index (χ0) is 26.6. The van der Waals surface area contributed by atoms with E-state index in [1.54, 1.807) is 6.92 Å². The lowest BCUT2D eigenvalue weighted by Crippen LogP contribution is -2.64. The molecule has 2 aromatic rings. The van der Waals surface area contributed by atoms with Crippen molar-refractivity contribution in [3.63, 3.8) is 0 Å². The van der Waals surface area contributed by atoms with Gasteiger partial charge in [0.15, 0.2) is 0 Å². The second kappa shape index (κ2) is 10.5. The molecule has 1 amide bonds. The lowest BCUT2D eigenvalue weighted by atomic mass is 9.96. The van der Waals surface area contributed by atoms with E-state index in [1.807, 2.05) is 0 Å². The first-order valence-electron chi connectivity index (χ1n) is 10.8. The first-order valence-corrected chi connectivity index (χ1v) is 12.6. The van der Waals surface area contributed by atoms with Gasteiger partial charge in [0.1, 0.15) is 12.5 Å². The molecule has 1 aromatic carbocycles. The third kappa shape index (κ3) is 5.75. The number of halogens is 3. The van der Waals surface area contributed by atoms with Crippen molar-refractivity contribution in [1.29, 1.82) is 0 Å². The maximum atomic E-state index is 14.5. The summed E-state index contributed by atoms with van der Waals surface area (Å²) in [7, 11) is -2.30. The van der Waals surface area contributed by atoms with Crippen LogP contribution in [0.15, 0.2) is 52.6 Å². The average molecular weight is 526 g/mol. The maximum Gasteiger partial charge on any atom is 0.423 e. The predicted octanol–water partition coefficient (Wildman–Crippen LogP) is 2.17. The van der Waals surface area contributed by atoms with Crippen LogP contribution < -0.4 is 20.3 Å². The predicted molar refractivity (Wildman–Crippen MR) is 132 cm³/mol. The highest BCUT2D eigenvalue weighted by Gasteiger charge is 2.59. The first-order chi connectivity index (χ1) is 16.9. The van der Waals surface area contributed by atoms with Crippen molar-refractivity contribution in [2.45, 2.75) is 25.2 Å². The number of aromatic nitrogens is 1. The second-order valence-electron chi connectivity index (χ2n) is 7.88. The molecule has 14 heteroatoms. The van der Waals surface area contributed by atoms with Crippen molar-refractivity contribution in [2.24, 2.45) is 9.98 Å². The quantitative estimate of drug-likeness (QED) is 0.485. The molecule has 1 aliphatic heterocycles. The van der Waals surface area contributed by atoms with E-state index < -0.39 is 27.6 Å². The Balaban J connectivity index is 1.90. The van der Waals surface area contributed by atoms with E-state index in [0.717, 1.165) is 16.8 Å². The molecule has 0 fully saturated rings. The van der Waals surface area contributed by atoms with Gasteiger partial charge in [-0.25, -0.2) is 13.4 Å². The molecule has 36 heavy (non-hydrogen) atoms. The van der Waals surface area contributed by atoms with Crippen LogP contribution in [0.4, 0.5) is 24.5 Å². The summed E-state index contributed by atoms with van der Waals surface area (Å²) in [5.41, 5.74) is -2.00. The topological polar surface area (TPSA) is 128 Å². The highest BCUT2D eigenvalue weighted by Crippen LogP contribution is 2.35. The Kier molecular flexibility index (Phi) is 7.86. The summed E-state index contributed by atoms with van der Waals surface area (Å²) in [4.78, 5) is 23.8. The SMILES string of the molecule is CCNC(=O)c1ccc(NC2(C(F)(F)F)C=NCN=C2NCc2ncccc2N(C)S(C)(=O)=O)cc1. The standard InChI is InChI=1S/C22H26F3N7O3S/c1-4-27-19(33)15-7-9-16(10-8-15)31-21(22(23,24)25)13-26-14-30-20(21)29-12-17-18(6-5-11-28-17)32(2)36(3,34)35/h5-11,13,31H,4,12,14H2,1-3H3,(H,27,33)(H,29,30). The smallest absolute Gasteiger partial charge is 0.365 e. The lowest BCUT2D eigenvalue weighted by Gasteiger charge is -2.37. The number of hydrogen-bond acceptors (Lipinski definition) is 8. The van der Waals surface area contributed by atoms with Crippen molar-refractivity contribution in [3.05, 3.63) is 53.9 Å². The zero-order valence-corrected chi connectivity index (χ0v) is 20.6. The Morgan fingerprint density at radius 1 is 1.19 bits per heavy atom. The number of alkyl halides is 3. The van der Waals surface area contributed by atoms with Crippen LogP contribution in [-0.2, 0) is 16.6 Å². The van der Waals surface area contributed by atoms with Crippen LogP contribution in [0, 0.1) is 0 Å². The first kappa shape index (κ1) is 26.9. The summed E-state index contributed by atoms with van der Waals surface area (Å²) in [6, 6.07) is 8.55. The van der Waals surface area contributed by atoms with E-state index in [1.165, 1.54) is 49.6 Å². The third-order valence-corrected chi connectivity index (χ3v) is 6.56. The number of sulfonamides is 1. The number of carbonyl (C=O) groups is 1. The molecule has 10 nitrogen and oxygen atoms in total. The molecule has 0 bridgehead atoms. The fourth-order valence-corrected chi connectivity index (χ4v) is 3.96. The van der Waals surface area contributed by atoms with Gasteiger partial charge >= 0.3 is 6.18 Å². The minimum absolute atomic E-state index is 0.0820. The number of nitrogens with one attached hydrogen (secondary N) is 3. The van der Waals surface area contributed by atoms with Gasteiger partial charge in [-0.1, -0.05) is 0 Å². The molecule has 1 aromatic heterocycles. The molecule has 194 valence electrons. The number of pyridine rings is 1. The van der Waals surface area contributed by atoms with E-state index in [9.17, 15) is 26.4 Å². The van der Waals surface area contributed by atoms with E-state index in [2.05, 4.69) is 30.9 Å².